The fraction of sp³-hybridized carbons (Fsp3) is 0.438. The van der Waals surface area contributed by atoms with Gasteiger partial charge in [0, 0.05) is 24.3 Å². The maximum Gasteiger partial charge on any atom is 0.123 e. The molecule has 1 spiro atoms. The Morgan fingerprint density at radius 3 is 2.75 bits per heavy atom. The van der Waals surface area contributed by atoms with Crippen LogP contribution >= 0.6 is 0 Å². The molecule has 2 aliphatic rings. The molecule has 1 aromatic heterocycles. The third kappa shape index (κ3) is 1.79. The van der Waals surface area contributed by atoms with Crippen molar-refractivity contribution in [3.63, 3.8) is 0 Å². The average Bonchev–Trinajstić information content (AvgIpc) is 2.68. The van der Waals surface area contributed by atoms with Gasteiger partial charge in [-0.25, -0.2) is 4.39 Å². The van der Waals surface area contributed by atoms with Crippen LogP contribution < -0.4 is 5.32 Å². The lowest BCUT2D eigenvalue weighted by Gasteiger charge is -2.54. The molecule has 4 heteroatoms. The van der Waals surface area contributed by atoms with Gasteiger partial charge in [-0.3, -0.25) is 4.68 Å². The van der Waals surface area contributed by atoms with Gasteiger partial charge >= 0.3 is 0 Å². The molecule has 1 saturated heterocycles. The van der Waals surface area contributed by atoms with Gasteiger partial charge in [-0.1, -0.05) is 12.1 Å². The van der Waals surface area contributed by atoms with Gasteiger partial charge in [-0.2, -0.15) is 5.10 Å². The van der Waals surface area contributed by atoms with Crippen molar-refractivity contribution in [2.24, 2.45) is 5.41 Å². The van der Waals surface area contributed by atoms with Crippen molar-refractivity contribution in [2.45, 2.75) is 25.8 Å². The van der Waals surface area contributed by atoms with Crippen LogP contribution in [-0.4, -0.2) is 22.9 Å². The molecule has 2 heterocycles. The summed E-state index contributed by atoms with van der Waals surface area (Å²) in [6.07, 6.45) is 2.43. The molecule has 2 aromatic rings. The van der Waals surface area contributed by atoms with E-state index in [1.807, 2.05) is 6.07 Å². The summed E-state index contributed by atoms with van der Waals surface area (Å²) < 4.78 is 15.4. The zero-order valence-corrected chi connectivity index (χ0v) is 11.6. The molecule has 0 radical (unpaired) electrons. The highest BCUT2D eigenvalue weighted by atomic mass is 19.1. The van der Waals surface area contributed by atoms with Crippen molar-refractivity contribution in [1.29, 1.82) is 0 Å². The number of nitrogens with zero attached hydrogens (tertiary/aromatic N) is 2. The first-order valence-corrected chi connectivity index (χ1v) is 7.18. The van der Waals surface area contributed by atoms with E-state index in [4.69, 9.17) is 5.10 Å². The van der Waals surface area contributed by atoms with Gasteiger partial charge in [-0.15, -0.1) is 0 Å². The average molecular weight is 271 g/mol. The van der Waals surface area contributed by atoms with E-state index in [1.54, 1.807) is 12.1 Å². The molecule has 1 saturated carbocycles. The second-order valence-corrected chi connectivity index (χ2v) is 6.29. The van der Waals surface area contributed by atoms with Gasteiger partial charge in [0.25, 0.3) is 0 Å². The Balaban J connectivity index is 1.60. The lowest BCUT2D eigenvalue weighted by atomic mass is 9.62. The van der Waals surface area contributed by atoms with E-state index < -0.39 is 0 Å². The van der Waals surface area contributed by atoms with Crippen LogP contribution in [-0.2, 0) is 0 Å². The molecule has 20 heavy (non-hydrogen) atoms. The van der Waals surface area contributed by atoms with Gasteiger partial charge in [0.2, 0.25) is 0 Å². The summed E-state index contributed by atoms with van der Waals surface area (Å²) in [6, 6.07) is 9.22. The van der Waals surface area contributed by atoms with E-state index in [0.29, 0.717) is 11.5 Å². The Bertz CT molecular complexity index is 649. The highest BCUT2D eigenvalue weighted by Crippen LogP contribution is 2.51. The lowest BCUT2D eigenvalue weighted by Crippen LogP contribution is -2.60. The normalized spacial score (nSPS) is 20.7. The van der Waals surface area contributed by atoms with Crippen LogP contribution in [0, 0.1) is 18.2 Å². The van der Waals surface area contributed by atoms with E-state index in [0.717, 1.165) is 30.0 Å². The fourth-order valence-corrected chi connectivity index (χ4v) is 3.53. The third-order valence-corrected chi connectivity index (χ3v) is 4.73. The maximum atomic E-state index is 13.3. The number of rotatable bonds is 2. The Kier molecular flexibility index (Phi) is 2.51. The number of aryl methyl sites for hydroxylation is 1. The Morgan fingerprint density at radius 2 is 2.10 bits per heavy atom. The van der Waals surface area contributed by atoms with Crippen molar-refractivity contribution in [3.8, 4) is 11.3 Å². The molecule has 1 N–H and O–H groups in total. The maximum absolute atomic E-state index is 13.3. The Labute approximate surface area is 117 Å². The SMILES string of the molecule is Cc1cc(-c2cccc(F)c2)nn1C1CC2(CNC2)C1. The summed E-state index contributed by atoms with van der Waals surface area (Å²) in [5.41, 5.74) is 3.43. The first kappa shape index (κ1) is 12.1. The van der Waals surface area contributed by atoms with Gasteiger partial charge in [0.15, 0.2) is 0 Å². The van der Waals surface area contributed by atoms with Gasteiger partial charge < -0.3 is 5.32 Å². The van der Waals surface area contributed by atoms with E-state index >= 15 is 0 Å². The number of aromatic nitrogens is 2. The van der Waals surface area contributed by atoms with Gasteiger partial charge in [-0.05, 0) is 43.4 Å². The van der Waals surface area contributed by atoms with Crippen LogP contribution in [0.5, 0.6) is 0 Å². The summed E-state index contributed by atoms with van der Waals surface area (Å²) in [5, 5.41) is 8.05. The van der Waals surface area contributed by atoms with Crippen molar-refractivity contribution < 1.29 is 4.39 Å². The molecule has 104 valence electrons. The second-order valence-electron chi connectivity index (χ2n) is 6.29. The summed E-state index contributed by atoms with van der Waals surface area (Å²) in [6.45, 7) is 4.39. The molecule has 0 atom stereocenters. The largest absolute Gasteiger partial charge is 0.316 e. The fourth-order valence-electron chi connectivity index (χ4n) is 3.53. The minimum atomic E-state index is -0.210. The summed E-state index contributed by atoms with van der Waals surface area (Å²) >= 11 is 0. The Hall–Kier alpha value is -1.68. The molecule has 4 rings (SSSR count). The lowest BCUT2D eigenvalue weighted by molar-refractivity contribution is 0.00162. The van der Waals surface area contributed by atoms with Crippen LogP contribution in [0.15, 0.2) is 30.3 Å². The number of benzene rings is 1. The smallest absolute Gasteiger partial charge is 0.123 e. The van der Waals surface area contributed by atoms with E-state index in [2.05, 4.69) is 23.0 Å². The van der Waals surface area contributed by atoms with Crippen molar-refractivity contribution in [3.05, 3.63) is 41.8 Å². The van der Waals surface area contributed by atoms with Crippen molar-refractivity contribution >= 4 is 0 Å². The highest BCUT2D eigenvalue weighted by molar-refractivity contribution is 5.59. The van der Waals surface area contributed by atoms with Crippen molar-refractivity contribution in [2.75, 3.05) is 13.1 Å². The summed E-state index contributed by atoms with van der Waals surface area (Å²) in [5.74, 6) is -0.210. The minimum Gasteiger partial charge on any atom is -0.316 e. The summed E-state index contributed by atoms with van der Waals surface area (Å²) in [4.78, 5) is 0. The molecule has 0 unspecified atom stereocenters. The molecule has 0 amide bonds. The standard InChI is InChI=1S/C16H18FN3/c1-11-5-15(12-3-2-4-13(17)6-12)19-20(11)14-7-16(8-14)9-18-10-16/h2-6,14,18H,7-10H2,1H3. The first-order chi connectivity index (χ1) is 9.65. The summed E-state index contributed by atoms with van der Waals surface area (Å²) in [7, 11) is 0. The molecular formula is C16H18FN3. The first-order valence-electron chi connectivity index (χ1n) is 7.18. The van der Waals surface area contributed by atoms with Gasteiger partial charge in [0.05, 0.1) is 11.7 Å². The molecule has 3 nitrogen and oxygen atoms in total. The Morgan fingerprint density at radius 1 is 1.30 bits per heavy atom. The van der Waals surface area contributed by atoms with Crippen LogP contribution in [0.2, 0.25) is 0 Å². The highest BCUT2D eigenvalue weighted by Gasteiger charge is 2.49. The van der Waals surface area contributed by atoms with Crippen LogP contribution in [0.3, 0.4) is 0 Å². The number of nitrogens with one attached hydrogen (secondary N) is 1. The predicted octanol–water partition coefficient (Wildman–Crippen LogP) is 2.92. The monoisotopic (exact) mass is 271 g/mol. The molecular weight excluding hydrogens is 253 g/mol. The van der Waals surface area contributed by atoms with E-state index in [-0.39, 0.29) is 5.82 Å². The zero-order valence-electron chi connectivity index (χ0n) is 11.6. The van der Waals surface area contributed by atoms with E-state index in [9.17, 15) is 4.39 Å². The third-order valence-electron chi connectivity index (χ3n) is 4.73. The van der Waals surface area contributed by atoms with Crippen LogP contribution in [0.4, 0.5) is 4.39 Å². The molecule has 1 aromatic carbocycles. The minimum absolute atomic E-state index is 0.210. The molecule has 2 fully saturated rings. The van der Waals surface area contributed by atoms with Gasteiger partial charge in [0.1, 0.15) is 5.82 Å². The second kappa shape index (κ2) is 4.16. The number of hydrogen-bond acceptors (Lipinski definition) is 2. The molecule has 0 bridgehead atoms. The zero-order chi connectivity index (χ0) is 13.7. The van der Waals surface area contributed by atoms with Crippen LogP contribution in [0.1, 0.15) is 24.6 Å². The van der Waals surface area contributed by atoms with E-state index in [1.165, 1.54) is 18.9 Å². The molecule has 1 aliphatic carbocycles. The van der Waals surface area contributed by atoms with Crippen LogP contribution in [0.25, 0.3) is 11.3 Å². The topological polar surface area (TPSA) is 29.9 Å². The quantitative estimate of drug-likeness (QED) is 0.910. The molecule has 1 aliphatic heterocycles. The predicted molar refractivity (Wildman–Crippen MR) is 75.9 cm³/mol. The number of hydrogen-bond donors (Lipinski definition) is 1. The van der Waals surface area contributed by atoms with Crippen molar-refractivity contribution in [1.82, 2.24) is 15.1 Å². The number of halogens is 1.